The minimum Gasteiger partial charge on any atom is -0.508 e. The molecule has 0 aromatic heterocycles. The van der Waals surface area contributed by atoms with Crippen LogP contribution in [0.4, 0.5) is 0 Å². The number of rotatable bonds is 6. The lowest BCUT2D eigenvalue weighted by molar-refractivity contribution is -0.219. The maximum absolute atomic E-state index is 13.1. The van der Waals surface area contributed by atoms with E-state index in [1.807, 2.05) is 0 Å². The van der Waals surface area contributed by atoms with E-state index in [0.717, 1.165) is 78.9 Å². The molecule has 5 aliphatic heterocycles. The van der Waals surface area contributed by atoms with Crippen molar-refractivity contribution in [1.82, 2.24) is 0 Å². The molecule has 2 bridgehead atoms. The summed E-state index contributed by atoms with van der Waals surface area (Å²) in [6.07, 6.45) is -13.0. The van der Waals surface area contributed by atoms with Gasteiger partial charge in [0.2, 0.25) is 0 Å². The molecular weight excluding hydrogens is 1100 g/mol. The number of phenols is 15. The fourth-order valence-electron chi connectivity index (χ4n) is 12.6. The largest absolute Gasteiger partial charge is 0.508 e. The molecule has 0 saturated heterocycles. The van der Waals surface area contributed by atoms with Crippen LogP contribution in [-0.2, 0) is 12.2 Å². The monoisotopic (exact) mass is 1150 g/mol. The van der Waals surface area contributed by atoms with Crippen LogP contribution in [-0.4, -0.2) is 121 Å². The molecule has 0 spiro atoms. The third-order valence-electron chi connectivity index (χ3n) is 16.4. The first-order valence-corrected chi connectivity index (χ1v) is 25.8. The van der Waals surface area contributed by atoms with Crippen molar-refractivity contribution in [2.75, 3.05) is 0 Å². The van der Waals surface area contributed by atoms with Gasteiger partial charge in [0.1, 0.15) is 93.4 Å². The van der Waals surface area contributed by atoms with E-state index in [1.54, 1.807) is 0 Å². The van der Waals surface area contributed by atoms with Crippen molar-refractivity contribution < 1.29 is 121 Å². The Kier molecular flexibility index (Phi) is 11.7. The number of aliphatic hydroxyl groups excluding tert-OH is 4. The second-order valence-electron chi connectivity index (χ2n) is 21.2. The summed E-state index contributed by atoms with van der Waals surface area (Å²) in [5, 5.41) is 218. The Balaban J connectivity index is 1.09. The van der Waals surface area contributed by atoms with Crippen LogP contribution in [0.15, 0.2) is 103 Å². The molecule has 24 nitrogen and oxygen atoms in total. The van der Waals surface area contributed by atoms with E-state index in [0.29, 0.717) is 0 Å². The molecule has 5 aliphatic rings. The van der Waals surface area contributed by atoms with Gasteiger partial charge in [-0.1, -0.05) is 18.2 Å². The predicted octanol–water partition coefficient (Wildman–Crippen LogP) is 5.69. The van der Waals surface area contributed by atoms with Gasteiger partial charge in [-0.2, -0.15) is 0 Å². The van der Waals surface area contributed by atoms with Crippen molar-refractivity contribution in [3.8, 4) is 115 Å². The minimum atomic E-state index is -2.44. The number of benzene rings is 8. The smallest absolute Gasteiger partial charge is 0.305 e. The van der Waals surface area contributed by atoms with Crippen molar-refractivity contribution in [1.29, 1.82) is 0 Å². The first kappa shape index (κ1) is 52.9. The summed E-state index contributed by atoms with van der Waals surface area (Å²) in [5.74, 6) is -20.1. The summed E-state index contributed by atoms with van der Waals surface area (Å²) in [6, 6.07) is 18.2. The average Bonchev–Trinajstić information content (AvgIpc) is 0.881. The highest BCUT2D eigenvalue weighted by Crippen LogP contribution is 2.67. The van der Waals surface area contributed by atoms with E-state index < -0.39 is 193 Å². The highest BCUT2D eigenvalue weighted by Gasteiger charge is 2.61. The van der Waals surface area contributed by atoms with Gasteiger partial charge in [-0.05, 0) is 71.3 Å². The predicted molar refractivity (Wildman–Crippen MR) is 283 cm³/mol. The van der Waals surface area contributed by atoms with E-state index in [2.05, 4.69) is 0 Å². The Morgan fingerprint density at radius 2 is 0.738 bits per heavy atom. The Labute approximate surface area is 471 Å². The normalized spacial score (nSPS) is 25.1. The second-order valence-corrected chi connectivity index (χ2v) is 21.2. The van der Waals surface area contributed by atoms with E-state index in [1.165, 1.54) is 24.3 Å². The van der Waals surface area contributed by atoms with Crippen molar-refractivity contribution in [3.63, 3.8) is 0 Å². The number of aromatic hydroxyl groups is 15. The lowest BCUT2D eigenvalue weighted by Crippen LogP contribution is -2.57. The summed E-state index contributed by atoms with van der Waals surface area (Å²) in [6.45, 7) is 0. The van der Waals surface area contributed by atoms with Crippen molar-refractivity contribution in [2.45, 2.75) is 72.7 Å². The number of phenolic OH excluding ortho intramolecular Hbond substituents is 15. The van der Waals surface area contributed by atoms with Gasteiger partial charge in [0.05, 0.1) is 23.9 Å². The molecule has 84 heavy (non-hydrogen) atoms. The fraction of sp³-hybridized carbons (Fsp3) is 0.200. The van der Waals surface area contributed by atoms with Gasteiger partial charge in [0.25, 0.3) is 0 Å². The maximum atomic E-state index is 13.1. The van der Waals surface area contributed by atoms with Crippen LogP contribution in [0.1, 0.15) is 97.3 Å². The zero-order valence-electron chi connectivity index (χ0n) is 42.8. The first-order valence-electron chi connectivity index (χ1n) is 25.8. The van der Waals surface area contributed by atoms with E-state index in [-0.39, 0.29) is 56.2 Å². The zero-order valence-corrected chi connectivity index (χ0v) is 42.8. The van der Waals surface area contributed by atoms with Crippen molar-refractivity contribution in [3.05, 3.63) is 164 Å². The zero-order chi connectivity index (χ0) is 59.4. The molecule has 8 unspecified atom stereocenters. The Morgan fingerprint density at radius 1 is 0.333 bits per heavy atom. The molecular formula is C60H48O24. The summed E-state index contributed by atoms with van der Waals surface area (Å²) < 4.78 is 32.7. The van der Waals surface area contributed by atoms with Gasteiger partial charge >= 0.3 is 5.79 Å². The SMILES string of the molecule is Oc1cc(O)c2c(c1)O[C@@]1(c3ccc(O)c(O)c3)Oc3cc(O)c4c(c3[C@@H]2[C@H]1O)OC(c1ccc(O)c(O)c1)C(O)C4c1c(O)cc(O)c2c1OC(c1ccc(O)c(O)c1)C(O)C2c1c(O)cc(O)c2c1OC(c1ccc(O)c(O)c1)C(O)C2. The fourth-order valence-corrected chi connectivity index (χ4v) is 12.6. The lowest BCUT2D eigenvalue weighted by Gasteiger charge is -2.51. The van der Waals surface area contributed by atoms with E-state index >= 15 is 0 Å². The van der Waals surface area contributed by atoms with Crippen LogP contribution in [0.3, 0.4) is 0 Å². The van der Waals surface area contributed by atoms with Gasteiger partial charge in [-0.25, -0.2) is 0 Å². The number of hydrogen-bond acceptors (Lipinski definition) is 24. The van der Waals surface area contributed by atoms with Gasteiger partial charge < -0.3 is 121 Å². The molecule has 432 valence electrons. The summed E-state index contributed by atoms with van der Waals surface area (Å²) in [5.41, 5.74) is -2.64. The third kappa shape index (κ3) is 7.68. The summed E-state index contributed by atoms with van der Waals surface area (Å²) >= 11 is 0. The van der Waals surface area contributed by atoms with Crippen LogP contribution >= 0.6 is 0 Å². The van der Waals surface area contributed by atoms with E-state index in [9.17, 15) is 97.0 Å². The summed E-state index contributed by atoms with van der Waals surface area (Å²) in [4.78, 5) is 0. The highest BCUT2D eigenvalue weighted by atomic mass is 16.7. The van der Waals surface area contributed by atoms with Gasteiger partial charge in [-0.3, -0.25) is 0 Å². The number of aliphatic hydroxyl groups is 4. The molecule has 13 rings (SSSR count). The van der Waals surface area contributed by atoms with Gasteiger partial charge in [0, 0.05) is 81.3 Å². The highest BCUT2D eigenvalue weighted by molar-refractivity contribution is 5.74. The Bertz CT molecular complexity index is 4110. The van der Waals surface area contributed by atoms with Crippen LogP contribution in [0.5, 0.6) is 115 Å². The molecule has 0 fully saturated rings. The molecule has 8 aromatic rings. The van der Waals surface area contributed by atoms with Crippen LogP contribution in [0.2, 0.25) is 0 Å². The first-order chi connectivity index (χ1) is 40.0. The van der Waals surface area contributed by atoms with Crippen LogP contribution in [0, 0.1) is 0 Å². The molecule has 0 saturated carbocycles. The quantitative estimate of drug-likeness (QED) is 0.0889. The average molecular weight is 1150 g/mol. The number of fused-ring (bicyclic) bond motifs is 10. The number of ether oxygens (including phenoxy) is 5. The van der Waals surface area contributed by atoms with Crippen molar-refractivity contribution >= 4 is 0 Å². The minimum absolute atomic E-state index is 0.0872. The summed E-state index contributed by atoms with van der Waals surface area (Å²) in [7, 11) is 0. The molecule has 24 heteroatoms. The molecule has 19 N–H and O–H groups in total. The van der Waals surface area contributed by atoms with Crippen LogP contribution < -0.4 is 23.7 Å². The standard InChI is InChI=1S/C60H48O24/c61-23-13-34(71)42-40(14-23)83-60(22-4-8-28(65)33(70)12-22)59(79)50(42)47-41(84-60)18-38(75)46-49(52(78)55(82-58(46)47)21-3-7-27(64)32(69)11-21)45-37(74)17-36(73)44-48(51(77)54(81-57(44)45)20-2-6-26(63)31(68)10-20)43-35(72)16-29(66)24-15-39(76)53(80-56(24)43)19-1-5-25(62)30(67)9-19/h1-14,16-18,39,48-55,59,61-79H,15H2/t39?,48?,49?,50-,51?,52?,53?,54?,55?,59-,60+/m1/s1. The molecule has 5 heterocycles. The Hall–Kier alpha value is -10.4. The van der Waals surface area contributed by atoms with E-state index in [4.69, 9.17) is 23.7 Å². The molecule has 8 aromatic carbocycles. The maximum Gasteiger partial charge on any atom is 0.305 e. The molecule has 0 aliphatic carbocycles. The topological polar surface area (TPSA) is 431 Å². The van der Waals surface area contributed by atoms with Crippen molar-refractivity contribution in [2.24, 2.45) is 0 Å². The Morgan fingerprint density at radius 3 is 1.24 bits per heavy atom. The van der Waals surface area contributed by atoms with Gasteiger partial charge in [0.15, 0.2) is 58.2 Å². The number of hydrogen-bond donors (Lipinski definition) is 19. The molecule has 11 atom stereocenters. The molecule has 0 radical (unpaired) electrons. The second kappa shape index (κ2) is 18.6. The molecule has 0 amide bonds. The van der Waals surface area contributed by atoms with Crippen LogP contribution in [0.25, 0.3) is 0 Å². The lowest BCUT2D eigenvalue weighted by atomic mass is 9.71. The van der Waals surface area contributed by atoms with Gasteiger partial charge in [-0.15, -0.1) is 0 Å². The third-order valence-corrected chi connectivity index (χ3v) is 16.4.